The number of hydrogen-bond acceptors (Lipinski definition) is 8. The normalized spacial score (nSPS) is 13.1. The zero-order valence-corrected chi connectivity index (χ0v) is 24.8. The van der Waals surface area contributed by atoms with E-state index in [0.29, 0.717) is 37.7 Å². The maximum Gasteiger partial charge on any atom is 0.326 e. The van der Waals surface area contributed by atoms with Crippen molar-refractivity contribution in [3.05, 3.63) is 96.3 Å². The molecule has 0 unspecified atom stereocenters. The largest absolute Gasteiger partial charge is 0.491 e. The fourth-order valence-corrected chi connectivity index (χ4v) is 5.32. The molecule has 9 nitrogen and oxygen atoms in total. The molecule has 4 heterocycles. The highest BCUT2D eigenvalue weighted by atomic mass is 19.1. The molecule has 5 rings (SSSR count). The smallest absolute Gasteiger partial charge is 0.326 e. The van der Waals surface area contributed by atoms with Gasteiger partial charge < -0.3 is 20.5 Å². The minimum atomic E-state index is -0.939. The lowest BCUT2D eigenvalue weighted by Gasteiger charge is -2.25. The van der Waals surface area contributed by atoms with E-state index in [-0.39, 0.29) is 0 Å². The van der Waals surface area contributed by atoms with Gasteiger partial charge in [0, 0.05) is 37.6 Å². The average molecular weight is 599 g/mol. The SMILES string of the molecule is O=C(O)[C@H](CCN(CCCCc1ccc2c(n1)NCCC2)CCOc1cncc(F)c1)Nc1cc(-c2ccccc2)ccn1. The van der Waals surface area contributed by atoms with Crippen LogP contribution in [0, 0.1) is 5.82 Å². The molecule has 1 aliphatic heterocycles. The van der Waals surface area contributed by atoms with Crippen molar-refractivity contribution in [1.29, 1.82) is 0 Å². The number of nitrogens with zero attached hydrogens (tertiary/aromatic N) is 4. The van der Waals surface area contributed by atoms with E-state index in [4.69, 9.17) is 9.72 Å². The number of benzene rings is 1. The number of hydrogen-bond donors (Lipinski definition) is 3. The van der Waals surface area contributed by atoms with Gasteiger partial charge in [0.15, 0.2) is 0 Å². The highest BCUT2D eigenvalue weighted by molar-refractivity contribution is 5.77. The van der Waals surface area contributed by atoms with E-state index < -0.39 is 17.8 Å². The quantitative estimate of drug-likeness (QED) is 0.140. The summed E-state index contributed by atoms with van der Waals surface area (Å²) < 4.78 is 19.3. The van der Waals surface area contributed by atoms with Crippen molar-refractivity contribution in [2.24, 2.45) is 0 Å². The number of carboxylic acids is 1. The van der Waals surface area contributed by atoms with Crippen LogP contribution in [0.15, 0.2) is 79.3 Å². The number of carboxylic acid groups (broad SMARTS) is 1. The number of aliphatic carboxylic acids is 1. The Hall–Kier alpha value is -4.57. The number of carbonyl (C=O) groups is 1. The zero-order valence-electron chi connectivity index (χ0n) is 24.8. The molecular formula is C34H39FN6O3. The van der Waals surface area contributed by atoms with Gasteiger partial charge in [-0.25, -0.2) is 19.2 Å². The summed E-state index contributed by atoms with van der Waals surface area (Å²) in [7, 11) is 0. The molecule has 10 heteroatoms. The summed E-state index contributed by atoms with van der Waals surface area (Å²) in [5, 5.41) is 16.5. The maximum absolute atomic E-state index is 13.5. The Morgan fingerprint density at radius 3 is 2.77 bits per heavy atom. The first-order chi connectivity index (χ1) is 21.5. The highest BCUT2D eigenvalue weighted by Crippen LogP contribution is 2.22. The Bertz CT molecular complexity index is 1510. The summed E-state index contributed by atoms with van der Waals surface area (Å²) in [5.41, 5.74) is 4.35. The summed E-state index contributed by atoms with van der Waals surface area (Å²) in [6.45, 7) is 3.16. The lowest BCUT2D eigenvalue weighted by molar-refractivity contribution is -0.138. The molecule has 1 aromatic carbocycles. The number of rotatable bonds is 16. The van der Waals surface area contributed by atoms with Gasteiger partial charge in [0.2, 0.25) is 0 Å². The second-order valence-corrected chi connectivity index (χ2v) is 10.9. The van der Waals surface area contributed by atoms with Crippen LogP contribution in [-0.4, -0.2) is 69.8 Å². The second kappa shape index (κ2) is 15.8. The number of aryl methyl sites for hydroxylation is 2. The number of anilines is 2. The fourth-order valence-electron chi connectivity index (χ4n) is 5.32. The molecule has 3 N–H and O–H groups in total. The Morgan fingerprint density at radius 1 is 1.05 bits per heavy atom. The highest BCUT2D eigenvalue weighted by Gasteiger charge is 2.20. The van der Waals surface area contributed by atoms with Crippen molar-refractivity contribution in [3.63, 3.8) is 0 Å². The number of halogens is 1. The van der Waals surface area contributed by atoms with Crippen molar-refractivity contribution >= 4 is 17.6 Å². The minimum Gasteiger partial charge on any atom is -0.491 e. The molecule has 3 aromatic heterocycles. The molecule has 0 amide bonds. The van der Waals surface area contributed by atoms with Gasteiger partial charge in [-0.05, 0) is 80.0 Å². The van der Waals surface area contributed by atoms with E-state index in [0.717, 1.165) is 74.0 Å². The Kier molecular flexibility index (Phi) is 11.1. The molecule has 1 aliphatic rings. The van der Waals surface area contributed by atoms with Crippen LogP contribution in [0.5, 0.6) is 5.75 Å². The summed E-state index contributed by atoms with van der Waals surface area (Å²) in [4.78, 5) is 27.4. The molecule has 4 aromatic rings. The van der Waals surface area contributed by atoms with E-state index in [1.165, 1.54) is 17.8 Å². The Morgan fingerprint density at radius 2 is 1.93 bits per heavy atom. The van der Waals surface area contributed by atoms with Gasteiger partial charge >= 0.3 is 5.97 Å². The van der Waals surface area contributed by atoms with Crippen LogP contribution in [-0.2, 0) is 17.6 Å². The average Bonchev–Trinajstić information content (AvgIpc) is 3.05. The molecule has 0 saturated heterocycles. The van der Waals surface area contributed by atoms with Gasteiger partial charge in [0.25, 0.3) is 0 Å². The van der Waals surface area contributed by atoms with E-state index in [2.05, 4.69) is 37.6 Å². The first kappa shape index (κ1) is 30.9. The molecular weight excluding hydrogens is 559 g/mol. The van der Waals surface area contributed by atoms with E-state index >= 15 is 0 Å². The van der Waals surface area contributed by atoms with Crippen LogP contribution >= 0.6 is 0 Å². The van der Waals surface area contributed by atoms with Crippen LogP contribution in [0.1, 0.15) is 36.9 Å². The number of unbranched alkanes of at least 4 members (excludes halogenated alkanes) is 1. The van der Waals surface area contributed by atoms with Gasteiger partial charge in [-0.15, -0.1) is 0 Å². The minimum absolute atomic E-state index is 0.328. The number of ether oxygens (including phenoxy) is 1. The van der Waals surface area contributed by atoms with Gasteiger partial charge in [-0.1, -0.05) is 36.4 Å². The lowest BCUT2D eigenvalue weighted by atomic mass is 10.1. The standard InChI is InChI=1S/C34H39FN6O3/c35-28-22-30(24-36-23-28)44-20-19-41(17-5-4-10-29-12-11-26-9-6-15-38-33(26)39-29)18-14-31(34(42)43)40-32-21-27(13-16-37-32)25-7-2-1-3-8-25/h1-3,7-8,11-13,16,21-24,31H,4-6,9-10,14-15,17-20H2,(H,37,40)(H,38,39)(H,42,43)/t31-/m0/s1. The predicted molar refractivity (Wildman–Crippen MR) is 169 cm³/mol. The van der Waals surface area contributed by atoms with Crippen LogP contribution in [0.25, 0.3) is 11.1 Å². The number of pyridine rings is 3. The van der Waals surface area contributed by atoms with Crippen molar-refractivity contribution < 1.29 is 19.0 Å². The molecule has 0 fully saturated rings. The summed E-state index contributed by atoms with van der Waals surface area (Å²) in [6.07, 6.45) is 9.61. The first-order valence-corrected chi connectivity index (χ1v) is 15.2. The third-order valence-electron chi connectivity index (χ3n) is 7.69. The summed E-state index contributed by atoms with van der Waals surface area (Å²) in [5.74, 6) is 0.498. The molecule has 44 heavy (non-hydrogen) atoms. The number of fused-ring (bicyclic) bond motifs is 1. The van der Waals surface area contributed by atoms with Crippen molar-refractivity contribution in [2.75, 3.05) is 43.4 Å². The van der Waals surface area contributed by atoms with Crippen LogP contribution in [0.3, 0.4) is 0 Å². The molecule has 230 valence electrons. The van der Waals surface area contributed by atoms with Crippen LogP contribution in [0.2, 0.25) is 0 Å². The van der Waals surface area contributed by atoms with Crippen LogP contribution < -0.4 is 15.4 Å². The zero-order chi connectivity index (χ0) is 30.6. The Labute approximate surface area is 257 Å². The molecule has 0 aliphatic carbocycles. The predicted octanol–water partition coefficient (Wildman–Crippen LogP) is 5.69. The van der Waals surface area contributed by atoms with Gasteiger partial charge in [-0.3, -0.25) is 9.88 Å². The van der Waals surface area contributed by atoms with Crippen molar-refractivity contribution in [3.8, 4) is 16.9 Å². The van der Waals surface area contributed by atoms with Gasteiger partial charge in [0.05, 0.1) is 12.4 Å². The molecule has 1 atom stereocenters. The lowest BCUT2D eigenvalue weighted by Crippen LogP contribution is -2.37. The van der Waals surface area contributed by atoms with Gasteiger partial charge in [0.1, 0.15) is 35.9 Å². The topological polar surface area (TPSA) is 112 Å². The number of nitrogens with one attached hydrogen (secondary N) is 2. The van der Waals surface area contributed by atoms with Gasteiger partial charge in [-0.2, -0.15) is 0 Å². The fraction of sp³-hybridized carbons (Fsp3) is 0.353. The van der Waals surface area contributed by atoms with E-state index in [9.17, 15) is 14.3 Å². The molecule has 0 saturated carbocycles. The van der Waals surface area contributed by atoms with Crippen molar-refractivity contribution in [2.45, 2.75) is 44.6 Å². The summed E-state index contributed by atoms with van der Waals surface area (Å²) in [6, 6.07) is 18.5. The maximum atomic E-state index is 13.5. The van der Waals surface area contributed by atoms with E-state index in [1.54, 1.807) is 6.20 Å². The molecule has 0 spiro atoms. The first-order valence-electron chi connectivity index (χ1n) is 15.2. The van der Waals surface area contributed by atoms with Crippen LogP contribution in [0.4, 0.5) is 16.0 Å². The molecule has 0 radical (unpaired) electrons. The summed E-state index contributed by atoms with van der Waals surface area (Å²) >= 11 is 0. The van der Waals surface area contributed by atoms with E-state index in [1.807, 2.05) is 42.5 Å². The molecule has 0 bridgehead atoms. The third-order valence-corrected chi connectivity index (χ3v) is 7.69. The third kappa shape index (κ3) is 9.21. The number of aromatic nitrogens is 3. The second-order valence-electron chi connectivity index (χ2n) is 10.9. The van der Waals surface area contributed by atoms with Crippen molar-refractivity contribution in [1.82, 2.24) is 19.9 Å². The monoisotopic (exact) mass is 598 g/mol. The Balaban J connectivity index is 1.17.